The third-order valence-corrected chi connectivity index (χ3v) is 6.90. The number of urea groups is 1. The van der Waals surface area contributed by atoms with E-state index < -0.39 is 6.04 Å². The highest BCUT2D eigenvalue weighted by Gasteiger charge is 2.29. The number of anilines is 1. The fraction of sp³-hybridized carbons (Fsp3) is 0.156. The maximum Gasteiger partial charge on any atom is 0.322 e. The highest BCUT2D eigenvalue weighted by Crippen LogP contribution is 2.28. The van der Waals surface area contributed by atoms with E-state index in [1.54, 1.807) is 39.8 Å². The lowest BCUT2D eigenvalue weighted by Gasteiger charge is -2.32. The molecule has 0 aliphatic carbocycles. The maximum absolute atomic E-state index is 13.9. The summed E-state index contributed by atoms with van der Waals surface area (Å²) in [4.78, 5) is 34.5. The first kappa shape index (κ1) is 26.2. The van der Waals surface area contributed by atoms with Gasteiger partial charge in [-0.3, -0.25) is 9.36 Å². The van der Waals surface area contributed by atoms with Gasteiger partial charge in [-0.15, -0.1) is 0 Å². The second-order valence-corrected chi connectivity index (χ2v) is 9.78. The molecule has 0 radical (unpaired) electrons. The summed E-state index contributed by atoms with van der Waals surface area (Å²) in [5, 5.41) is 4.07. The van der Waals surface area contributed by atoms with Crippen molar-refractivity contribution in [2.24, 2.45) is 0 Å². The molecule has 1 aromatic heterocycles. The van der Waals surface area contributed by atoms with Gasteiger partial charge in [-0.05, 0) is 47.9 Å². The van der Waals surface area contributed by atoms with Crippen LogP contribution in [-0.4, -0.2) is 20.5 Å². The van der Waals surface area contributed by atoms with Gasteiger partial charge in [-0.25, -0.2) is 9.78 Å². The number of carbonyl (C=O) groups is 1. The predicted molar refractivity (Wildman–Crippen MR) is 157 cm³/mol. The largest absolute Gasteiger partial charge is 0.322 e. The molecule has 2 amide bonds. The molecule has 5 rings (SSSR count). The SMILES string of the molecule is CCC(c1nc2ccccc2c(=O)n1Cc1ccccc1)N(Cc1ccccc1)C(=O)Nc1cccc(Cl)c1. The molecule has 0 spiro atoms. The highest BCUT2D eigenvalue weighted by molar-refractivity contribution is 6.30. The molecular weight excluding hydrogens is 508 g/mol. The van der Waals surface area contributed by atoms with Crippen molar-refractivity contribution in [3.05, 3.63) is 142 Å². The lowest BCUT2D eigenvalue weighted by molar-refractivity contribution is 0.176. The molecule has 39 heavy (non-hydrogen) atoms. The van der Waals surface area contributed by atoms with Gasteiger partial charge in [0.25, 0.3) is 5.56 Å². The van der Waals surface area contributed by atoms with Crippen LogP contribution in [0.25, 0.3) is 10.9 Å². The van der Waals surface area contributed by atoms with Crippen molar-refractivity contribution in [2.45, 2.75) is 32.5 Å². The Morgan fingerprint density at radius 3 is 2.26 bits per heavy atom. The molecule has 0 fully saturated rings. The Morgan fingerprint density at radius 1 is 0.897 bits per heavy atom. The Hall–Kier alpha value is -4.42. The number of nitrogens with one attached hydrogen (secondary N) is 1. The van der Waals surface area contributed by atoms with Crippen LogP contribution in [0.1, 0.15) is 36.3 Å². The summed E-state index contributed by atoms with van der Waals surface area (Å²) < 4.78 is 1.70. The molecule has 0 saturated carbocycles. The number of benzene rings is 4. The van der Waals surface area contributed by atoms with E-state index in [0.717, 1.165) is 11.1 Å². The third kappa shape index (κ3) is 6.02. The van der Waals surface area contributed by atoms with E-state index in [0.29, 0.717) is 46.9 Å². The summed E-state index contributed by atoms with van der Waals surface area (Å²) in [7, 11) is 0. The van der Waals surface area contributed by atoms with Gasteiger partial charge in [0.2, 0.25) is 0 Å². The zero-order valence-corrected chi connectivity index (χ0v) is 22.4. The van der Waals surface area contributed by atoms with Crippen LogP contribution in [0.4, 0.5) is 10.5 Å². The van der Waals surface area contributed by atoms with Crippen molar-refractivity contribution >= 4 is 34.2 Å². The van der Waals surface area contributed by atoms with Crippen LogP contribution in [-0.2, 0) is 13.1 Å². The molecule has 196 valence electrons. The Bertz CT molecular complexity index is 1640. The fourth-order valence-corrected chi connectivity index (χ4v) is 4.96. The van der Waals surface area contributed by atoms with Crippen LogP contribution in [0.5, 0.6) is 0 Å². The number of amides is 2. The molecule has 0 aliphatic heterocycles. The summed E-state index contributed by atoms with van der Waals surface area (Å²) in [5.41, 5.74) is 3.01. The second-order valence-electron chi connectivity index (χ2n) is 9.34. The minimum Gasteiger partial charge on any atom is -0.310 e. The maximum atomic E-state index is 13.9. The van der Waals surface area contributed by atoms with E-state index in [4.69, 9.17) is 16.6 Å². The molecule has 0 saturated heterocycles. The van der Waals surface area contributed by atoms with E-state index in [2.05, 4.69) is 5.32 Å². The summed E-state index contributed by atoms with van der Waals surface area (Å²) in [6.07, 6.45) is 0.551. The lowest BCUT2D eigenvalue weighted by atomic mass is 10.1. The zero-order valence-electron chi connectivity index (χ0n) is 21.6. The van der Waals surface area contributed by atoms with Crippen LogP contribution in [0, 0.1) is 0 Å². The average molecular weight is 537 g/mol. The Kier molecular flexibility index (Phi) is 8.04. The van der Waals surface area contributed by atoms with Crippen molar-refractivity contribution in [3.8, 4) is 0 Å². The Morgan fingerprint density at radius 2 is 1.56 bits per heavy atom. The lowest BCUT2D eigenvalue weighted by Crippen LogP contribution is -2.40. The van der Waals surface area contributed by atoms with Crippen molar-refractivity contribution in [2.75, 3.05) is 5.32 Å². The summed E-state index contributed by atoms with van der Waals surface area (Å²) >= 11 is 6.18. The number of nitrogens with zero attached hydrogens (tertiary/aromatic N) is 3. The second kappa shape index (κ2) is 12.0. The van der Waals surface area contributed by atoms with Gasteiger partial charge in [0.05, 0.1) is 23.5 Å². The zero-order chi connectivity index (χ0) is 27.2. The number of rotatable bonds is 8. The van der Waals surface area contributed by atoms with Gasteiger partial charge in [0, 0.05) is 17.3 Å². The van der Waals surface area contributed by atoms with Crippen LogP contribution in [0.15, 0.2) is 114 Å². The first-order valence-corrected chi connectivity index (χ1v) is 13.3. The molecule has 1 N–H and O–H groups in total. The van der Waals surface area contributed by atoms with E-state index in [1.165, 1.54) is 0 Å². The Labute approximate surface area is 232 Å². The quantitative estimate of drug-likeness (QED) is 0.226. The number of carbonyl (C=O) groups excluding carboxylic acids is 1. The molecule has 1 unspecified atom stereocenters. The van der Waals surface area contributed by atoms with Gasteiger partial charge in [0.1, 0.15) is 5.82 Å². The highest BCUT2D eigenvalue weighted by atomic mass is 35.5. The summed E-state index contributed by atoms with van der Waals surface area (Å²) in [6.45, 7) is 2.68. The van der Waals surface area contributed by atoms with Crippen molar-refractivity contribution < 1.29 is 4.79 Å². The van der Waals surface area contributed by atoms with Crippen LogP contribution >= 0.6 is 11.6 Å². The molecule has 7 heteroatoms. The van der Waals surface area contributed by atoms with Crippen LogP contribution < -0.4 is 10.9 Å². The van der Waals surface area contributed by atoms with E-state index in [-0.39, 0.29) is 11.6 Å². The van der Waals surface area contributed by atoms with Crippen molar-refractivity contribution in [3.63, 3.8) is 0 Å². The number of aromatic nitrogens is 2. The standard InChI is InChI=1S/C32H29ClN4O2/c1-2-29(36(21-23-12-5-3-6-13-23)32(39)34-26-17-11-16-25(33)20-26)30-35-28-19-10-9-18-27(28)31(38)37(30)22-24-14-7-4-8-15-24/h3-20,29H,2,21-22H2,1H3,(H,34,39). The molecule has 4 aromatic carbocycles. The fourth-order valence-electron chi connectivity index (χ4n) is 4.77. The van der Waals surface area contributed by atoms with Gasteiger partial charge in [-0.2, -0.15) is 0 Å². The molecule has 5 aromatic rings. The minimum absolute atomic E-state index is 0.132. The smallest absolute Gasteiger partial charge is 0.310 e. The Balaban J connectivity index is 1.63. The third-order valence-electron chi connectivity index (χ3n) is 6.67. The van der Waals surface area contributed by atoms with Crippen molar-refractivity contribution in [1.29, 1.82) is 0 Å². The molecule has 6 nitrogen and oxygen atoms in total. The topological polar surface area (TPSA) is 67.2 Å². The molecule has 1 atom stereocenters. The van der Waals surface area contributed by atoms with E-state index >= 15 is 0 Å². The number of hydrogen-bond acceptors (Lipinski definition) is 3. The van der Waals surface area contributed by atoms with E-state index in [1.807, 2.05) is 85.8 Å². The first-order chi connectivity index (χ1) is 19.0. The van der Waals surface area contributed by atoms with E-state index in [9.17, 15) is 9.59 Å². The van der Waals surface area contributed by atoms with Gasteiger partial charge in [0.15, 0.2) is 0 Å². The monoisotopic (exact) mass is 536 g/mol. The number of fused-ring (bicyclic) bond motifs is 1. The van der Waals surface area contributed by atoms with Crippen LogP contribution in [0.3, 0.4) is 0 Å². The summed E-state index contributed by atoms with van der Waals surface area (Å²) in [5.74, 6) is 0.544. The normalized spacial score (nSPS) is 11.7. The summed E-state index contributed by atoms with van der Waals surface area (Å²) in [6, 6.07) is 33.2. The average Bonchev–Trinajstić information content (AvgIpc) is 2.96. The molecule has 1 heterocycles. The number of para-hydroxylation sites is 1. The minimum atomic E-state index is -0.481. The van der Waals surface area contributed by atoms with Gasteiger partial charge < -0.3 is 10.2 Å². The predicted octanol–water partition coefficient (Wildman–Crippen LogP) is 7.28. The van der Waals surface area contributed by atoms with Crippen LogP contribution in [0.2, 0.25) is 5.02 Å². The van der Waals surface area contributed by atoms with Crippen molar-refractivity contribution in [1.82, 2.24) is 14.5 Å². The molecule has 0 bridgehead atoms. The number of halogens is 1. The van der Waals surface area contributed by atoms with Gasteiger partial charge >= 0.3 is 6.03 Å². The first-order valence-electron chi connectivity index (χ1n) is 12.9. The molecular formula is C32H29ClN4O2. The number of hydrogen-bond donors (Lipinski definition) is 1. The molecule has 0 aliphatic rings. The van der Waals surface area contributed by atoms with Gasteiger partial charge in [-0.1, -0.05) is 97.4 Å².